The van der Waals surface area contributed by atoms with Crippen LogP contribution in [0, 0.1) is 5.92 Å². The SMILES string of the molecule is CN1C(=CCC2C(=O)C(=CC3N(C)c4ccc5ccccc5c4C3(C)C)C2=O)C(C)(C)c2c1ccc1ccccc21. The molecule has 1 atom stereocenters. The van der Waals surface area contributed by atoms with Gasteiger partial charge in [-0.05, 0) is 57.3 Å². The van der Waals surface area contributed by atoms with Gasteiger partial charge in [-0.3, -0.25) is 9.59 Å². The molecule has 0 bridgehead atoms. The molecular weight excluding hydrogens is 504 g/mol. The molecule has 7 rings (SSSR count). The van der Waals surface area contributed by atoms with Crippen LogP contribution in [0.4, 0.5) is 11.4 Å². The molecule has 1 aliphatic carbocycles. The fourth-order valence-electron chi connectivity index (χ4n) is 7.90. The van der Waals surface area contributed by atoms with Gasteiger partial charge in [-0.2, -0.15) is 0 Å². The molecule has 4 aromatic carbocycles. The predicted molar refractivity (Wildman–Crippen MR) is 169 cm³/mol. The number of Topliss-reactive ketones (excluding diaryl/α,β-unsaturated/α-hetero) is 2. The van der Waals surface area contributed by atoms with E-state index in [1.807, 2.05) is 6.08 Å². The average Bonchev–Trinajstić information content (AvgIpc) is 3.29. The number of likely N-dealkylation sites (N-methyl/N-ethyl adjacent to an activating group) is 2. The van der Waals surface area contributed by atoms with E-state index in [1.165, 1.54) is 38.4 Å². The van der Waals surface area contributed by atoms with Crippen molar-refractivity contribution in [3.8, 4) is 0 Å². The van der Waals surface area contributed by atoms with E-state index >= 15 is 0 Å². The number of rotatable bonds is 3. The minimum atomic E-state index is -0.601. The molecule has 41 heavy (non-hydrogen) atoms. The van der Waals surface area contributed by atoms with Crippen LogP contribution in [0.3, 0.4) is 0 Å². The van der Waals surface area contributed by atoms with Crippen molar-refractivity contribution in [2.75, 3.05) is 23.9 Å². The molecule has 0 amide bonds. The molecule has 206 valence electrons. The molecule has 4 heteroatoms. The third-order valence-corrected chi connectivity index (χ3v) is 10.0. The second-order valence-electron chi connectivity index (χ2n) is 13.0. The molecule has 0 radical (unpaired) electrons. The van der Waals surface area contributed by atoms with Crippen molar-refractivity contribution in [2.24, 2.45) is 5.92 Å². The lowest BCUT2D eigenvalue weighted by Gasteiger charge is -2.33. The number of hydrogen-bond donors (Lipinski definition) is 0. The highest BCUT2D eigenvalue weighted by Crippen LogP contribution is 2.51. The summed E-state index contributed by atoms with van der Waals surface area (Å²) in [5, 5.41) is 4.92. The van der Waals surface area contributed by atoms with Gasteiger partial charge in [0.05, 0.1) is 17.5 Å². The fraction of sp³-hybridized carbons (Fsp3) is 0.297. The summed E-state index contributed by atoms with van der Waals surface area (Å²) in [6.07, 6.45) is 4.50. The molecular formula is C37H36N2O2. The summed E-state index contributed by atoms with van der Waals surface area (Å²) in [5.74, 6) is -0.659. The van der Waals surface area contributed by atoms with E-state index in [0.29, 0.717) is 12.0 Å². The van der Waals surface area contributed by atoms with Crippen molar-refractivity contribution in [1.82, 2.24) is 0 Å². The van der Waals surface area contributed by atoms with E-state index in [2.05, 4.69) is 130 Å². The fourth-order valence-corrected chi connectivity index (χ4v) is 7.90. The Morgan fingerprint density at radius 1 is 0.732 bits per heavy atom. The molecule has 0 aromatic heterocycles. The van der Waals surface area contributed by atoms with E-state index in [0.717, 1.165) is 11.4 Å². The van der Waals surface area contributed by atoms with E-state index in [4.69, 9.17) is 0 Å². The van der Waals surface area contributed by atoms with Crippen molar-refractivity contribution in [3.63, 3.8) is 0 Å². The summed E-state index contributed by atoms with van der Waals surface area (Å²) < 4.78 is 0. The summed E-state index contributed by atoms with van der Waals surface area (Å²) in [6.45, 7) is 8.92. The van der Waals surface area contributed by atoms with Crippen LogP contribution in [0.1, 0.15) is 45.2 Å². The topological polar surface area (TPSA) is 40.6 Å². The van der Waals surface area contributed by atoms with Crippen LogP contribution in [0.15, 0.2) is 96.2 Å². The quantitative estimate of drug-likeness (QED) is 0.153. The van der Waals surface area contributed by atoms with Crippen LogP contribution in [0.25, 0.3) is 21.5 Å². The highest BCUT2D eigenvalue weighted by molar-refractivity contribution is 6.38. The molecule has 2 heterocycles. The summed E-state index contributed by atoms with van der Waals surface area (Å²) >= 11 is 0. The maximum absolute atomic E-state index is 13.5. The largest absolute Gasteiger partial charge is 0.367 e. The zero-order valence-electron chi connectivity index (χ0n) is 24.7. The lowest BCUT2D eigenvalue weighted by molar-refractivity contribution is -0.136. The number of hydrogen-bond acceptors (Lipinski definition) is 4. The highest BCUT2D eigenvalue weighted by atomic mass is 16.2. The molecule has 1 fully saturated rings. The first-order valence-electron chi connectivity index (χ1n) is 14.6. The Morgan fingerprint density at radius 3 is 1.93 bits per heavy atom. The first-order valence-corrected chi connectivity index (χ1v) is 14.6. The van der Waals surface area contributed by atoms with Crippen LogP contribution < -0.4 is 9.80 Å². The van der Waals surface area contributed by atoms with E-state index in [-0.39, 0.29) is 28.4 Å². The number of ketones is 2. The molecule has 2 aliphatic heterocycles. The number of benzene rings is 4. The number of anilines is 2. The van der Waals surface area contributed by atoms with Crippen molar-refractivity contribution in [2.45, 2.75) is 51.0 Å². The van der Waals surface area contributed by atoms with Crippen LogP contribution in [0.2, 0.25) is 0 Å². The van der Waals surface area contributed by atoms with Gasteiger partial charge in [0.25, 0.3) is 0 Å². The van der Waals surface area contributed by atoms with Crippen LogP contribution in [-0.4, -0.2) is 31.7 Å². The van der Waals surface area contributed by atoms with Gasteiger partial charge < -0.3 is 9.80 Å². The third kappa shape index (κ3) is 3.46. The highest BCUT2D eigenvalue weighted by Gasteiger charge is 2.48. The normalized spacial score (nSPS) is 23.4. The van der Waals surface area contributed by atoms with Crippen LogP contribution >= 0.6 is 0 Å². The lowest BCUT2D eigenvalue weighted by atomic mass is 9.71. The summed E-state index contributed by atoms with van der Waals surface area (Å²) in [7, 11) is 4.16. The molecule has 4 nitrogen and oxygen atoms in total. The Labute approximate surface area is 242 Å². The van der Waals surface area contributed by atoms with Gasteiger partial charge >= 0.3 is 0 Å². The maximum Gasteiger partial charge on any atom is 0.177 e. The Morgan fingerprint density at radius 2 is 1.29 bits per heavy atom. The molecule has 0 saturated heterocycles. The van der Waals surface area contributed by atoms with Crippen molar-refractivity contribution in [3.05, 3.63) is 107 Å². The second kappa shape index (κ2) is 8.66. The summed E-state index contributed by atoms with van der Waals surface area (Å²) in [6, 6.07) is 25.5. The van der Waals surface area contributed by atoms with Crippen LogP contribution in [0.5, 0.6) is 0 Å². The van der Waals surface area contributed by atoms with Crippen LogP contribution in [-0.2, 0) is 20.4 Å². The minimum absolute atomic E-state index is 0.0294. The molecule has 4 aromatic rings. The van der Waals surface area contributed by atoms with Crippen molar-refractivity contribution >= 4 is 44.5 Å². The predicted octanol–water partition coefficient (Wildman–Crippen LogP) is 7.49. The first kappa shape index (κ1) is 25.8. The summed E-state index contributed by atoms with van der Waals surface area (Å²) in [5.41, 5.74) is 5.94. The van der Waals surface area contributed by atoms with Gasteiger partial charge in [0.1, 0.15) is 0 Å². The second-order valence-corrected chi connectivity index (χ2v) is 13.0. The zero-order valence-corrected chi connectivity index (χ0v) is 24.7. The maximum atomic E-state index is 13.5. The standard InChI is InChI=1S/C37H36N2O2/c1-36(2)30(38(5)28-18-15-22-11-7-9-13-24(22)32(28)36)20-17-26-34(40)27(35(26)41)21-31-37(3,4)33-25-14-10-8-12-23(25)16-19-29(33)39(31)6/h7-16,18-21,26,31H,17H2,1-6H3. The first-order chi connectivity index (χ1) is 19.5. The Bertz CT molecular complexity index is 1840. The number of fused-ring (bicyclic) bond motifs is 6. The van der Waals surface area contributed by atoms with Gasteiger partial charge in [0.15, 0.2) is 11.6 Å². The van der Waals surface area contributed by atoms with E-state index in [9.17, 15) is 9.59 Å². The minimum Gasteiger partial charge on any atom is -0.367 e. The van der Waals surface area contributed by atoms with Gasteiger partial charge in [-0.1, -0.05) is 94.4 Å². The van der Waals surface area contributed by atoms with E-state index in [1.54, 1.807) is 0 Å². The smallest absolute Gasteiger partial charge is 0.177 e. The molecule has 3 aliphatic rings. The van der Waals surface area contributed by atoms with Gasteiger partial charge in [0.2, 0.25) is 0 Å². The monoisotopic (exact) mass is 540 g/mol. The number of carbonyl (C=O) groups is 2. The number of nitrogens with zero attached hydrogens (tertiary/aromatic N) is 2. The van der Waals surface area contributed by atoms with Crippen molar-refractivity contribution < 1.29 is 9.59 Å². The molecule has 0 N–H and O–H groups in total. The Balaban J connectivity index is 1.16. The van der Waals surface area contributed by atoms with Gasteiger partial charge in [-0.15, -0.1) is 0 Å². The third-order valence-electron chi connectivity index (χ3n) is 10.0. The summed E-state index contributed by atoms with van der Waals surface area (Å²) in [4.78, 5) is 31.4. The Kier molecular flexibility index (Phi) is 5.44. The average molecular weight is 541 g/mol. The Hall–Kier alpha value is -4.18. The van der Waals surface area contributed by atoms with Gasteiger partial charge in [-0.25, -0.2) is 0 Å². The molecule has 1 unspecified atom stereocenters. The van der Waals surface area contributed by atoms with Gasteiger partial charge in [0, 0.05) is 42.0 Å². The zero-order chi connectivity index (χ0) is 28.8. The van der Waals surface area contributed by atoms with E-state index < -0.39 is 5.92 Å². The van der Waals surface area contributed by atoms with Crippen molar-refractivity contribution in [1.29, 1.82) is 0 Å². The lowest BCUT2D eigenvalue weighted by Crippen LogP contribution is -2.45. The number of carbonyl (C=O) groups excluding carboxylic acids is 2. The number of allylic oxidation sites excluding steroid dienone is 3. The molecule has 1 saturated carbocycles. The molecule has 0 spiro atoms.